The highest BCUT2D eigenvalue weighted by Crippen LogP contribution is 2.23. The molecule has 1 fully saturated rings. The number of aromatic nitrogens is 3. The number of benzene rings is 2. The van der Waals surface area contributed by atoms with E-state index in [4.69, 9.17) is 16.1 Å². The number of rotatable bonds is 7. The Kier molecular flexibility index (Phi) is 6.66. The minimum atomic E-state index is 0.221. The number of hydrogen-bond donors (Lipinski definition) is 0. The van der Waals surface area contributed by atoms with E-state index >= 15 is 0 Å². The summed E-state index contributed by atoms with van der Waals surface area (Å²) in [4.78, 5) is 26.0. The van der Waals surface area contributed by atoms with Crippen LogP contribution in [-0.4, -0.2) is 57.0 Å². The number of carbonyl (C=O) groups is 1. The van der Waals surface area contributed by atoms with Crippen molar-refractivity contribution < 1.29 is 9.32 Å². The molecule has 1 saturated heterocycles. The molecule has 1 aliphatic heterocycles. The van der Waals surface area contributed by atoms with Gasteiger partial charge in [0.2, 0.25) is 17.6 Å². The Morgan fingerprint density at radius 1 is 1.03 bits per heavy atom. The van der Waals surface area contributed by atoms with Crippen molar-refractivity contribution in [2.45, 2.75) is 25.8 Å². The first kappa shape index (κ1) is 22.0. The number of halogens is 1. The van der Waals surface area contributed by atoms with Crippen LogP contribution in [0.15, 0.2) is 53.1 Å². The average molecular weight is 482 g/mol. The number of thiazole rings is 1. The summed E-state index contributed by atoms with van der Waals surface area (Å²) < 4.78 is 6.63. The fourth-order valence-electron chi connectivity index (χ4n) is 3.96. The lowest BCUT2D eigenvalue weighted by molar-refractivity contribution is -0.133. The molecule has 0 spiro atoms. The van der Waals surface area contributed by atoms with Gasteiger partial charge in [0.15, 0.2) is 0 Å². The first-order valence-corrected chi connectivity index (χ1v) is 12.3. The predicted molar refractivity (Wildman–Crippen MR) is 129 cm³/mol. The molecular weight excluding hydrogens is 458 g/mol. The molecule has 0 saturated carbocycles. The monoisotopic (exact) mass is 481 g/mol. The highest BCUT2D eigenvalue weighted by molar-refractivity contribution is 7.18. The maximum Gasteiger partial charge on any atom is 0.241 e. The van der Waals surface area contributed by atoms with E-state index in [9.17, 15) is 4.79 Å². The minimum Gasteiger partial charge on any atom is -0.340 e. The molecule has 9 heteroatoms. The zero-order valence-electron chi connectivity index (χ0n) is 18.1. The molecule has 2 aromatic carbocycles. The summed E-state index contributed by atoms with van der Waals surface area (Å²) in [6, 6.07) is 15.5. The summed E-state index contributed by atoms with van der Waals surface area (Å²) in [6.45, 7) is 3.61. The van der Waals surface area contributed by atoms with Gasteiger partial charge in [-0.05, 0) is 49.2 Å². The molecule has 4 aromatic rings. The summed E-state index contributed by atoms with van der Waals surface area (Å²) >= 11 is 7.66. The zero-order chi connectivity index (χ0) is 22.6. The van der Waals surface area contributed by atoms with Gasteiger partial charge < -0.3 is 9.42 Å². The summed E-state index contributed by atoms with van der Waals surface area (Å²) in [7, 11) is 0. The molecule has 1 aliphatic rings. The Bertz CT molecular complexity index is 1200. The van der Waals surface area contributed by atoms with Gasteiger partial charge in [-0.2, -0.15) is 4.98 Å². The van der Waals surface area contributed by atoms with Gasteiger partial charge in [0, 0.05) is 43.2 Å². The number of carbonyl (C=O) groups excluding carboxylic acids is 1. The number of amides is 1. The lowest BCUT2D eigenvalue weighted by atomic mass is 10.2. The van der Waals surface area contributed by atoms with Gasteiger partial charge in [-0.1, -0.05) is 28.9 Å². The lowest BCUT2D eigenvalue weighted by Crippen LogP contribution is -2.48. The number of aryl methyl sites for hydroxylation is 1. The average Bonchev–Trinajstić information content (AvgIpc) is 3.46. The highest BCUT2D eigenvalue weighted by Gasteiger charge is 2.22. The molecule has 33 heavy (non-hydrogen) atoms. The normalized spacial score (nSPS) is 14.8. The van der Waals surface area contributed by atoms with Crippen LogP contribution in [0.1, 0.15) is 23.7 Å². The van der Waals surface area contributed by atoms with E-state index < -0.39 is 0 Å². The Hall–Kier alpha value is -2.81. The quantitative estimate of drug-likeness (QED) is 0.382. The fourth-order valence-corrected chi connectivity index (χ4v) is 5.09. The number of hydrogen-bond acceptors (Lipinski definition) is 7. The fraction of sp³-hybridized carbons (Fsp3) is 0.333. The molecule has 5 rings (SSSR count). The Labute approximate surface area is 201 Å². The molecular formula is C24H24ClN5O2S. The van der Waals surface area contributed by atoms with Gasteiger partial charge in [0.05, 0.1) is 21.8 Å². The van der Waals surface area contributed by atoms with E-state index in [2.05, 4.69) is 26.1 Å². The summed E-state index contributed by atoms with van der Waals surface area (Å²) in [5, 5.41) is 5.85. The van der Waals surface area contributed by atoms with Crippen molar-refractivity contribution in [2.24, 2.45) is 0 Å². The second-order valence-corrected chi connectivity index (χ2v) is 9.66. The predicted octanol–water partition coefficient (Wildman–Crippen LogP) is 4.67. The van der Waals surface area contributed by atoms with Crippen molar-refractivity contribution in [3.63, 3.8) is 0 Å². The zero-order valence-corrected chi connectivity index (χ0v) is 19.7. The molecule has 170 valence electrons. The number of para-hydroxylation sites is 1. The van der Waals surface area contributed by atoms with Gasteiger partial charge in [0.25, 0.3) is 0 Å². The molecule has 0 radical (unpaired) electrons. The molecule has 0 atom stereocenters. The SMILES string of the molecule is O=C(CCCc1nc2ccccc2s1)N1CCN(Cc2nc(-c3ccc(Cl)cc3)no2)CC1. The van der Waals surface area contributed by atoms with Crippen molar-refractivity contribution in [3.8, 4) is 11.4 Å². The topological polar surface area (TPSA) is 75.4 Å². The van der Waals surface area contributed by atoms with Crippen LogP contribution < -0.4 is 0 Å². The molecule has 0 bridgehead atoms. The maximum absolute atomic E-state index is 12.6. The Morgan fingerprint density at radius 2 is 1.82 bits per heavy atom. The molecule has 7 nitrogen and oxygen atoms in total. The summed E-state index contributed by atoms with van der Waals surface area (Å²) in [5.41, 5.74) is 1.91. The van der Waals surface area contributed by atoms with E-state index in [1.165, 1.54) is 4.70 Å². The largest absolute Gasteiger partial charge is 0.340 e. The van der Waals surface area contributed by atoms with E-state index in [1.54, 1.807) is 11.3 Å². The van der Waals surface area contributed by atoms with Gasteiger partial charge in [-0.25, -0.2) is 4.98 Å². The first-order valence-electron chi connectivity index (χ1n) is 11.1. The minimum absolute atomic E-state index is 0.221. The second-order valence-electron chi connectivity index (χ2n) is 8.10. The van der Waals surface area contributed by atoms with E-state index in [0.717, 1.165) is 55.1 Å². The third-order valence-electron chi connectivity index (χ3n) is 5.77. The molecule has 1 amide bonds. The number of nitrogens with zero attached hydrogens (tertiary/aromatic N) is 5. The van der Waals surface area contributed by atoms with Crippen molar-refractivity contribution in [2.75, 3.05) is 26.2 Å². The van der Waals surface area contributed by atoms with Crippen LogP contribution in [0.5, 0.6) is 0 Å². The van der Waals surface area contributed by atoms with Crippen LogP contribution in [0.2, 0.25) is 5.02 Å². The summed E-state index contributed by atoms with van der Waals surface area (Å²) in [6.07, 6.45) is 2.23. The smallest absolute Gasteiger partial charge is 0.241 e. The number of fused-ring (bicyclic) bond motifs is 1. The van der Waals surface area contributed by atoms with Crippen molar-refractivity contribution in [3.05, 3.63) is 64.5 Å². The molecule has 0 unspecified atom stereocenters. The third kappa shape index (κ3) is 5.40. The van der Waals surface area contributed by atoms with Gasteiger partial charge in [-0.15, -0.1) is 11.3 Å². The molecule has 0 aliphatic carbocycles. The molecule has 0 N–H and O–H groups in total. The van der Waals surface area contributed by atoms with E-state index in [-0.39, 0.29) is 5.91 Å². The Morgan fingerprint density at radius 3 is 2.61 bits per heavy atom. The maximum atomic E-state index is 12.6. The molecule has 2 aromatic heterocycles. The number of piperazine rings is 1. The van der Waals surface area contributed by atoms with Crippen molar-refractivity contribution >= 4 is 39.1 Å². The Balaban J connectivity index is 1.06. The van der Waals surface area contributed by atoms with Crippen LogP contribution in [0.25, 0.3) is 21.6 Å². The van der Waals surface area contributed by atoms with Gasteiger partial charge >= 0.3 is 0 Å². The standard InChI is InChI=1S/C24H24ClN5O2S/c25-18-10-8-17(9-11-18)24-27-21(32-28-24)16-29-12-14-30(15-13-29)23(31)7-3-6-22-26-19-4-1-2-5-20(19)33-22/h1-2,4-5,8-11H,3,6-7,12-16H2. The third-order valence-corrected chi connectivity index (χ3v) is 7.12. The second kappa shape index (κ2) is 9.99. The van der Waals surface area contributed by atoms with Crippen LogP contribution in [0, 0.1) is 0 Å². The van der Waals surface area contributed by atoms with Crippen molar-refractivity contribution in [1.82, 2.24) is 24.9 Å². The van der Waals surface area contributed by atoms with E-state index in [0.29, 0.717) is 29.7 Å². The lowest BCUT2D eigenvalue weighted by Gasteiger charge is -2.34. The van der Waals surface area contributed by atoms with Crippen LogP contribution >= 0.6 is 22.9 Å². The van der Waals surface area contributed by atoms with Crippen LogP contribution in [-0.2, 0) is 17.8 Å². The van der Waals surface area contributed by atoms with Crippen LogP contribution in [0.3, 0.4) is 0 Å². The summed E-state index contributed by atoms with van der Waals surface area (Å²) in [5.74, 6) is 1.36. The van der Waals surface area contributed by atoms with E-state index in [1.807, 2.05) is 47.4 Å². The highest BCUT2D eigenvalue weighted by atomic mass is 35.5. The molecule has 3 heterocycles. The van der Waals surface area contributed by atoms with Gasteiger partial charge in [-0.3, -0.25) is 9.69 Å². The first-order chi connectivity index (χ1) is 16.1. The van der Waals surface area contributed by atoms with Crippen LogP contribution in [0.4, 0.5) is 0 Å². The van der Waals surface area contributed by atoms with Gasteiger partial charge in [0.1, 0.15) is 0 Å². The van der Waals surface area contributed by atoms with Crippen molar-refractivity contribution in [1.29, 1.82) is 0 Å².